The molecule has 9 heteroatoms. The summed E-state index contributed by atoms with van der Waals surface area (Å²) in [5, 5.41) is 14.0. The van der Waals surface area contributed by atoms with Crippen molar-refractivity contribution in [1.29, 1.82) is 5.26 Å². The molecule has 1 saturated heterocycles. The fourth-order valence-electron chi connectivity index (χ4n) is 4.18. The van der Waals surface area contributed by atoms with Crippen LogP contribution in [0.25, 0.3) is 11.3 Å². The Balaban J connectivity index is 1.37. The Kier molecular flexibility index (Phi) is 5.44. The van der Waals surface area contributed by atoms with Crippen molar-refractivity contribution in [1.82, 2.24) is 19.7 Å². The normalized spacial score (nSPS) is 17.6. The number of ether oxygens (including phenoxy) is 1. The number of piperidine rings is 1. The van der Waals surface area contributed by atoms with Crippen molar-refractivity contribution in [2.45, 2.75) is 50.7 Å². The molecule has 170 valence electrons. The summed E-state index contributed by atoms with van der Waals surface area (Å²) in [7, 11) is 0. The summed E-state index contributed by atoms with van der Waals surface area (Å²) in [6, 6.07) is 5.75. The zero-order chi connectivity index (χ0) is 23.0. The molecule has 5 rings (SSSR count). The molecular weight excluding hydrogens is 426 g/mol. The van der Waals surface area contributed by atoms with Crippen LogP contribution in [0, 0.1) is 23.0 Å². The standard InChI is InChI=1S/C24H24F2N6O/c1-2-32-14-16(12-29-32)22-23(28-13-21(30-22)24(15-27)7-8-24)31-9-5-18(6-10-31)33-20-4-3-17(25)11-19(20)26/h3-4,11-14,18H,2,5-10H2,1H3. The third kappa shape index (κ3) is 4.13. The monoisotopic (exact) mass is 450 g/mol. The molecule has 0 atom stereocenters. The first kappa shape index (κ1) is 21.3. The Morgan fingerprint density at radius 1 is 1.21 bits per heavy atom. The third-order valence-electron chi connectivity index (χ3n) is 6.37. The second kappa shape index (κ2) is 8.43. The fourth-order valence-corrected chi connectivity index (χ4v) is 4.18. The highest BCUT2D eigenvalue weighted by Crippen LogP contribution is 2.47. The topological polar surface area (TPSA) is 79.9 Å². The van der Waals surface area contributed by atoms with E-state index in [4.69, 9.17) is 14.7 Å². The van der Waals surface area contributed by atoms with E-state index < -0.39 is 17.0 Å². The molecule has 2 aromatic heterocycles. The maximum atomic E-state index is 14.0. The van der Waals surface area contributed by atoms with E-state index in [1.165, 1.54) is 12.1 Å². The van der Waals surface area contributed by atoms with Crippen LogP contribution in [0.15, 0.2) is 36.8 Å². The maximum absolute atomic E-state index is 14.0. The summed E-state index contributed by atoms with van der Waals surface area (Å²) in [6.07, 6.45) is 8.19. The molecule has 2 fully saturated rings. The first-order valence-electron chi connectivity index (χ1n) is 11.2. The van der Waals surface area contributed by atoms with Gasteiger partial charge in [-0.2, -0.15) is 10.4 Å². The maximum Gasteiger partial charge on any atom is 0.167 e. The second-order valence-corrected chi connectivity index (χ2v) is 8.59. The van der Waals surface area contributed by atoms with E-state index in [0.29, 0.717) is 31.6 Å². The van der Waals surface area contributed by atoms with E-state index in [0.717, 1.165) is 42.5 Å². The zero-order valence-electron chi connectivity index (χ0n) is 18.3. The Hall–Kier alpha value is -3.54. The number of hydrogen-bond donors (Lipinski definition) is 0. The number of aromatic nitrogens is 4. The van der Waals surface area contributed by atoms with E-state index in [9.17, 15) is 14.0 Å². The summed E-state index contributed by atoms with van der Waals surface area (Å²) in [5.41, 5.74) is 1.76. The van der Waals surface area contributed by atoms with Gasteiger partial charge >= 0.3 is 0 Å². The first-order chi connectivity index (χ1) is 16.0. The van der Waals surface area contributed by atoms with E-state index in [1.807, 2.05) is 17.8 Å². The minimum Gasteiger partial charge on any atom is -0.487 e. The lowest BCUT2D eigenvalue weighted by Crippen LogP contribution is -2.39. The predicted octanol–water partition coefficient (Wildman–Crippen LogP) is 4.24. The highest BCUT2D eigenvalue weighted by atomic mass is 19.1. The molecule has 1 aliphatic heterocycles. The number of benzene rings is 1. The molecule has 3 aromatic rings. The van der Waals surface area contributed by atoms with Crippen molar-refractivity contribution in [2.24, 2.45) is 0 Å². The average molecular weight is 450 g/mol. The van der Waals surface area contributed by atoms with Gasteiger partial charge in [-0.15, -0.1) is 0 Å². The van der Waals surface area contributed by atoms with Crippen LogP contribution >= 0.6 is 0 Å². The largest absolute Gasteiger partial charge is 0.487 e. The molecule has 0 bridgehead atoms. The average Bonchev–Trinajstić information content (AvgIpc) is 3.49. The molecule has 1 saturated carbocycles. The molecule has 0 spiro atoms. The zero-order valence-corrected chi connectivity index (χ0v) is 18.3. The van der Waals surface area contributed by atoms with Crippen molar-refractivity contribution in [3.05, 3.63) is 54.1 Å². The lowest BCUT2D eigenvalue weighted by molar-refractivity contribution is 0.163. The van der Waals surface area contributed by atoms with Crippen LogP contribution < -0.4 is 9.64 Å². The van der Waals surface area contributed by atoms with Gasteiger partial charge in [-0.05, 0) is 31.9 Å². The SMILES string of the molecule is CCn1cc(-c2nc(C3(C#N)CC3)cnc2N2CCC(Oc3ccc(F)cc3F)CC2)cn1. The molecule has 0 unspecified atom stereocenters. The van der Waals surface area contributed by atoms with E-state index in [2.05, 4.69) is 16.1 Å². The van der Waals surface area contributed by atoms with Crippen LogP contribution in [-0.2, 0) is 12.0 Å². The van der Waals surface area contributed by atoms with Crippen LogP contribution in [0.2, 0.25) is 0 Å². The van der Waals surface area contributed by atoms with Gasteiger partial charge in [0.2, 0.25) is 0 Å². The predicted molar refractivity (Wildman–Crippen MR) is 118 cm³/mol. The van der Waals surface area contributed by atoms with E-state index >= 15 is 0 Å². The summed E-state index contributed by atoms with van der Waals surface area (Å²) >= 11 is 0. The number of nitriles is 1. The fraction of sp³-hybridized carbons (Fsp3) is 0.417. The Labute approximate surface area is 190 Å². The molecule has 3 heterocycles. The molecule has 33 heavy (non-hydrogen) atoms. The number of nitrogens with zero attached hydrogens (tertiary/aromatic N) is 6. The van der Waals surface area contributed by atoms with Gasteiger partial charge in [0.25, 0.3) is 0 Å². The number of aryl methyl sites for hydroxylation is 1. The van der Waals surface area contributed by atoms with Crippen molar-refractivity contribution < 1.29 is 13.5 Å². The van der Waals surface area contributed by atoms with Crippen LogP contribution in [0.1, 0.15) is 38.3 Å². The van der Waals surface area contributed by atoms with E-state index in [-0.39, 0.29) is 11.9 Å². The van der Waals surface area contributed by atoms with Crippen molar-refractivity contribution in [2.75, 3.05) is 18.0 Å². The smallest absolute Gasteiger partial charge is 0.167 e. The highest BCUT2D eigenvalue weighted by Gasteiger charge is 2.47. The van der Waals surface area contributed by atoms with Gasteiger partial charge in [0.05, 0.1) is 24.2 Å². The van der Waals surface area contributed by atoms with Crippen LogP contribution in [0.3, 0.4) is 0 Å². The lowest BCUT2D eigenvalue weighted by Gasteiger charge is -2.33. The minimum atomic E-state index is -0.694. The van der Waals surface area contributed by atoms with Gasteiger partial charge in [-0.3, -0.25) is 4.68 Å². The van der Waals surface area contributed by atoms with Crippen molar-refractivity contribution in [3.63, 3.8) is 0 Å². The van der Waals surface area contributed by atoms with Crippen molar-refractivity contribution >= 4 is 5.82 Å². The number of rotatable bonds is 6. The summed E-state index contributed by atoms with van der Waals surface area (Å²) in [5.74, 6) is -0.506. The van der Waals surface area contributed by atoms with Gasteiger partial charge in [0.1, 0.15) is 23.0 Å². The Bertz CT molecular complexity index is 1210. The molecule has 2 aliphatic rings. The first-order valence-corrected chi connectivity index (χ1v) is 11.2. The Morgan fingerprint density at radius 2 is 2.00 bits per heavy atom. The molecule has 0 N–H and O–H groups in total. The van der Waals surface area contributed by atoms with Gasteiger partial charge < -0.3 is 9.64 Å². The highest BCUT2D eigenvalue weighted by molar-refractivity contribution is 5.71. The molecular formula is C24H24F2N6O. The summed E-state index contributed by atoms with van der Waals surface area (Å²) in [6.45, 7) is 4.07. The quantitative estimate of drug-likeness (QED) is 0.559. The van der Waals surface area contributed by atoms with E-state index in [1.54, 1.807) is 12.4 Å². The number of anilines is 1. The summed E-state index contributed by atoms with van der Waals surface area (Å²) in [4.78, 5) is 11.8. The van der Waals surface area contributed by atoms with Gasteiger partial charge in [0, 0.05) is 50.3 Å². The molecule has 7 nitrogen and oxygen atoms in total. The molecule has 0 amide bonds. The second-order valence-electron chi connectivity index (χ2n) is 8.59. The lowest BCUT2D eigenvalue weighted by atomic mass is 10.0. The van der Waals surface area contributed by atoms with Crippen LogP contribution in [-0.4, -0.2) is 38.9 Å². The summed E-state index contributed by atoms with van der Waals surface area (Å²) < 4.78 is 34.7. The third-order valence-corrected chi connectivity index (χ3v) is 6.37. The molecule has 1 aliphatic carbocycles. The van der Waals surface area contributed by atoms with Gasteiger partial charge in [-0.25, -0.2) is 18.7 Å². The minimum absolute atomic E-state index is 0.0675. The molecule has 1 aromatic carbocycles. The molecule has 0 radical (unpaired) electrons. The number of hydrogen-bond acceptors (Lipinski definition) is 6. The van der Waals surface area contributed by atoms with Crippen molar-refractivity contribution in [3.8, 4) is 23.1 Å². The Morgan fingerprint density at radius 3 is 2.64 bits per heavy atom. The van der Waals surface area contributed by atoms with Crippen LogP contribution in [0.4, 0.5) is 14.6 Å². The van der Waals surface area contributed by atoms with Crippen LogP contribution in [0.5, 0.6) is 5.75 Å². The number of halogens is 2. The van der Waals surface area contributed by atoms with Gasteiger partial charge in [-0.1, -0.05) is 0 Å². The van der Waals surface area contributed by atoms with Gasteiger partial charge in [0.15, 0.2) is 17.4 Å².